The number of aliphatic hydroxyl groups is 1. The molecule has 3 heteroatoms. The van der Waals surface area contributed by atoms with E-state index in [0.717, 1.165) is 13.0 Å². The number of hydrogen-bond acceptors (Lipinski definition) is 3. The van der Waals surface area contributed by atoms with Crippen molar-refractivity contribution in [2.24, 2.45) is 0 Å². The van der Waals surface area contributed by atoms with Crippen molar-refractivity contribution in [3.8, 4) is 0 Å². The molecule has 0 radical (unpaired) electrons. The van der Waals surface area contributed by atoms with Crippen LogP contribution in [0.5, 0.6) is 0 Å². The van der Waals surface area contributed by atoms with Crippen LogP contribution in [0.15, 0.2) is 0 Å². The second kappa shape index (κ2) is 3.15. The van der Waals surface area contributed by atoms with Gasteiger partial charge in [-0.3, -0.25) is 5.32 Å². The normalized spacial score (nSPS) is 32.0. The SMILES string of the molecule is CC(O)C1CCNCO1. The van der Waals surface area contributed by atoms with Crippen LogP contribution >= 0.6 is 0 Å². The van der Waals surface area contributed by atoms with Crippen LogP contribution in [0.3, 0.4) is 0 Å². The van der Waals surface area contributed by atoms with Gasteiger partial charge in [0.25, 0.3) is 0 Å². The first-order valence-corrected chi connectivity index (χ1v) is 3.31. The van der Waals surface area contributed by atoms with Crippen LogP contribution in [0, 0.1) is 0 Å². The quantitative estimate of drug-likeness (QED) is 0.513. The minimum atomic E-state index is -0.327. The average molecular weight is 131 g/mol. The van der Waals surface area contributed by atoms with Crippen molar-refractivity contribution in [3.63, 3.8) is 0 Å². The zero-order valence-corrected chi connectivity index (χ0v) is 5.63. The molecule has 0 aromatic rings. The van der Waals surface area contributed by atoms with Gasteiger partial charge in [-0.2, -0.15) is 0 Å². The summed E-state index contributed by atoms with van der Waals surface area (Å²) in [4.78, 5) is 0. The standard InChI is InChI=1S/C6H13NO2/c1-5(8)6-2-3-7-4-9-6/h5-8H,2-4H2,1H3. The highest BCUT2D eigenvalue weighted by atomic mass is 16.5. The summed E-state index contributed by atoms with van der Waals surface area (Å²) in [6.07, 6.45) is 0.635. The predicted octanol–water partition coefficient (Wildman–Crippen LogP) is -0.297. The van der Waals surface area contributed by atoms with E-state index in [1.807, 2.05) is 0 Å². The fourth-order valence-corrected chi connectivity index (χ4v) is 0.946. The van der Waals surface area contributed by atoms with E-state index in [0.29, 0.717) is 6.73 Å². The minimum Gasteiger partial charge on any atom is -0.391 e. The summed E-state index contributed by atoms with van der Waals surface area (Å²) < 4.78 is 5.18. The Labute approximate surface area is 55.0 Å². The highest BCUT2D eigenvalue weighted by Crippen LogP contribution is 2.05. The predicted molar refractivity (Wildman–Crippen MR) is 34.0 cm³/mol. The lowest BCUT2D eigenvalue weighted by molar-refractivity contribution is -0.0596. The molecule has 9 heavy (non-hydrogen) atoms. The highest BCUT2D eigenvalue weighted by Gasteiger charge is 2.17. The summed E-state index contributed by atoms with van der Waals surface area (Å²) in [5, 5.41) is 12.1. The van der Waals surface area contributed by atoms with E-state index < -0.39 is 0 Å². The number of aliphatic hydroxyl groups excluding tert-OH is 1. The fourth-order valence-electron chi connectivity index (χ4n) is 0.946. The number of hydrogen-bond donors (Lipinski definition) is 2. The van der Waals surface area contributed by atoms with Crippen LogP contribution in [0.4, 0.5) is 0 Å². The highest BCUT2D eigenvalue weighted by molar-refractivity contribution is 4.68. The van der Waals surface area contributed by atoms with Crippen LogP contribution in [0.25, 0.3) is 0 Å². The van der Waals surface area contributed by atoms with Gasteiger partial charge >= 0.3 is 0 Å². The molecule has 2 N–H and O–H groups in total. The van der Waals surface area contributed by atoms with Gasteiger partial charge < -0.3 is 9.84 Å². The largest absolute Gasteiger partial charge is 0.391 e. The Kier molecular flexibility index (Phi) is 2.45. The molecule has 1 fully saturated rings. The first-order chi connectivity index (χ1) is 4.30. The monoisotopic (exact) mass is 131 g/mol. The maximum Gasteiger partial charge on any atom is 0.0970 e. The molecule has 1 heterocycles. The molecule has 54 valence electrons. The number of nitrogens with one attached hydrogen (secondary N) is 1. The molecule has 0 saturated carbocycles. The van der Waals surface area contributed by atoms with E-state index in [9.17, 15) is 0 Å². The molecule has 0 aromatic carbocycles. The lowest BCUT2D eigenvalue weighted by atomic mass is 10.1. The van der Waals surface area contributed by atoms with E-state index in [-0.39, 0.29) is 12.2 Å². The molecule has 1 saturated heterocycles. The van der Waals surface area contributed by atoms with Crippen molar-refractivity contribution < 1.29 is 9.84 Å². The topological polar surface area (TPSA) is 41.5 Å². The van der Waals surface area contributed by atoms with E-state index in [1.54, 1.807) is 6.92 Å². The van der Waals surface area contributed by atoms with Crippen molar-refractivity contribution >= 4 is 0 Å². The van der Waals surface area contributed by atoms with Crippen LogP contribution in [-0.4, -0.2) is 30.6 Å². The molecule has 1 aliphatic rings. The molecule has 0 amide bonds. The van der Waals surface area contributed by atoms with Gasteiger partial charge in [0.05, 0.1) is 18.9 Å². The maximum atomic E-state index is 9.02. The van der Waals surface area contributed by atoms with E-state index in [1.165, 1.54) is 0 Å². The summed E-state index contributed by atoms with van der Waals surface area (Å²) in [7, 11) is 0. The molecular formula is C6H13NO2. The van der Waals surface area contributed by atoms with Crippen LogP contribution < -0.4 is 5.32 Å². The third-order valence-corrected chi connectivity index (χ3v) is 1.54. The third kappa shape index (κ3) is 1.93. The minimum absolute atomic E-state index is 0.0475. The Balaban J connectivity index is 2.23. The van der Waals surface area contributed by atoms with Crippen LogP contribution in [0.2, 0.25) is 0 Å². The van der Waals surface area contributed by atoms with Gasteiger partial charge in [0, 0.05) is 0 Å². The molecule has 2 atom stereocenters. The summed E-state index contributed by atoms with van der Waals surface area (Å²) in [5.41, 5.74) is 0. The first-order valence-electron chi connectivity index (χ1n) is 3.31. The second-order valence-corrected chi connectivity index (χ2v) is 2.38. The van der Waals surface area contributed by atoms with Gasteiger partial charge in [-0.15, -0.1) is 0 Å². The lowest BCUT2D eigenvalue weighted by Gasteiger charge is -2.25. The Bertz CT molecular complexity index is 79.1. The van der Waals surface area contributed by atoms with Crippen molar-refractivity contribution in [2.45, 2.75) is 25.6 Å². The first kappa shape index (κ1) is 6.99. The van der Waals surface area contributed by atoms with Gasteiger partial charge in [0.15, 0.2) is 0 Å². The number of rotatable bonds is 1. The Morgan fingerprint density at radius 2 is 2.56 bits per heavy atom. The Hall–Kier alpha value is -0.120. The fraction of sp³-hybridized carbons (Fsp3) is 1.00. The van der Waals surface area contributed by atoms with E-state index in [4.69, 9.17) is 9.84 Å². The Morgan fingerprint density at radius 3 is 2.89 bits per heavy atom. The van der Waals surface area contributed by atoms with Crippen LogP contribution in [-0.2, 0) is 4.74 Å². The average Bonchev–Trinajstić information content (AvgIpc) is 1.90. The second-order valence-electron chi connectivity index (χ2n) is 2.38. The van der Waals surface area contributed by atoms with Crippen molar-refractivity contribution in [2.75, 3.05) is 13.3 Å². The molecule has 3 nitrogen and oxygen atoms in total. The van der Waals surface area contributed by atoms with Gasteiger partial charge in [-0.25, -0.2) is 0 Å². The zero-order valence-electron chi connectivity index (χ0n) is 5.63. The molecule has 0 bridgehead atoms. The van der Waals surface area contributed by atoms with E-state index in [2.05, 4.69) is 5.32 Å². The molecule has 1 aliphatic heterocycles. The summed E-state index contributed by atoms with van der Waals surface area (Å²) in [6.45, 7) is 3.29. The summed E-state index contributed by atoms with van der Waals surface area (Å²) in [6, 6.07) is 0. The van der Waals surface area contributed by atoms with Crippen molar-refractivity contribution in [1.29, 1.82) is 0 Å². The molecule has 1 rings (SSSR count). The van der Waals surface area contributed by atoms with Crippen molar-refractivity contribution in [1.82, 2.24) is 5.32 Å². The molecule has 0 aromatic heterocycles. The van der Waals surface area contributed by atoms with Gasteiger partial charge in [-0.05, 0) is 19.9 Å². The summed E-state index contributed by atoms with van der Waals surface area (Å²) in [5.74, 6) is 0. The Morgan fingerprint density at radius 1 is 1.78 bits per heavy atom. The molecular weight excluding hydrogens is 118 g/mol. The van der Waals surface area contributed by atoms with Crippen LogP contribution in [0.1, 0.15) is 13.3 Å². The van der Waals surface area contributed by atoms with Gasteiger partial charge in [0.1, 0.15) is 0 Å². The van der Waals surface area contributed by atoms with E-state index >= 15 is 0 Å². The molecule has 0 spiro atoms. The lowest BCUT2D eigenvalue weighted by Crippen LogP contribution is -2.39. The smallest absolute Gasteiger partial charge is 0.0970 e. The van der Waals surface area contributed by atoms with Crippen molar-refractivity contribution in [3.05, 3.63) is 0 Å². The third-order valence-electron chi connectivity index (χ3n) is 1.54. The summed E-state index contributed by atoms with van der Waals surface area (Å²) >= 11 is 0. The maximum absolute atomic E-state index is 9.02. The number of ether oxygens (including phenoxy) is 1. The molecule has 2 unspecified atom stereocenters. The molecule has 0 aliphatic carbocycles. The zero-order chi connectivity index (χ0) is 6.69. The van der Waals surface area contributed by atoms with Gasteiger partial charge in [-0.1, -0.05) is 0 Å². The van der Waals surface area contributed by atoms with Gasteiger partial charge in [0.2, 0.25) is 0 Å².